The van der Waals surface area contributed by atoms with Crippen molar-refractivity contribution < 1.29 is 4.79 Å². The first kappa shape index (κ1) is 9.13. The molecule has 0 radical (unpaired) electrons. The molecule has 0 aliphatic rings. The molecule has 0 spiro atoms. The van der Waals surface area contributed by atoms with Crippen LogP contribution in [0.1, 0.15) is 0 Å². The summed E-state index contributed by atoms with van der Waals surface area (Å²) in [6, 6.07) is 6.40. The van der Waals surface area contributed by atoms with Gasteiger partial charge in [0.2, 0.25) is 0 Å². The van der Waals surface area contributed by atoms with E-state index < -0.39 is 6.03 Å². The predicted molar refractivity (Wildman–Crippen MR) is 52.4 cm³/mol. The minimum Gasteiger partial charge on any atom is -0.351 e. The van der Waals surface area contributed by atoms with E-state index >= 15 is 0 Å². The molecule has 76 valence electrons. The fourth-order valence-corrected chi connectivity index (χ4v) is 1.15. The Labute approximate surface area is 84.9 Å². The van der Waals surface area contributed by atoms with Crippen molar-refractivity contribution in [2.75, 3.05) is 5.32 Å². The van der Waals surface area contributed by atoms with Gasteiger partial charge in [-0.1, -0.05) is 6.07 Å². The number of amides is 2. The molecule has 1 heterocycles. The number of nitrogens with two attached hydrogens (primary N) is 1. The van der Waals surface area contributed by atoms with E-state index in [1.165, 1.54) is 11.0 Å². The van der Waals surface area contributed by atoms with Crippen molar-refractivity contribution in [3.63, 3.8) is 0 Å². The summed E-state index contributed by atoms with van der Waals surface area (Å²) < 4.78 is 1.48. The maximum absolute atomic E-state index is 10.6. The van der Waals surface area contributed by atoms with E-state index in [2.05, 4.69) is 20.8 Å². The zero-order valence-electron chi connectivity index (χ0n) is 7.66. The smallest absolute Gasteiger partial charge is 0.316 e. The van der Waals surface area contributed by atoms with Crippen LogP contribution in [0, 0.1) is 0 Å². The molecular formula is C8H8N6O. The van der Waals surface area contributed by atoms with Crippen LogP contribution in [0.4, 0.5) is 10.5 Å². The van der Waals surface area contributed by atoms with Gasteiger partial charge in [0.05, 0.1) is 5.69 Å². The molecule has 0 aliphatic carbocycles. The second-order valence-corrected chi connectivity index (χ2v) is 2.79. The van der Waals surface area contributed by atoms with Crippen LogP contribution in [0.2, 0.25) is 0 Å². The van der Waals surface area contributed by atoms with Gasteiger partial charge in [0, 0.05) is 5.69 Å². The Morgan fingerprint density at radius 2 is 2.33 bits per heavy atom. The largest absolute Gasteiger partial charge is 0.351 e. The Bertz CT molecular complexity index is 466. The zero-order chi connectivity index (χ0) is 10.7. The molecule has 2 aromatic rings. The van der Waals surface area contributed by atoms with Gasteiger partial charge in [0.25, 0.3) is 0 Å². The van der Waals surface area contributed by atoms with Crippen LogP contribution < -0.4 is 11.1 Å². The molecule has 0 fully saturated rings. The molecule has 0 aliphatic heterocycles. The number of carbonyl (C=O) groups is 1. The Morgan fingerprint density at radius 3 is 3.00 bits per heavy atom. The van der Waals surface area contributed by atoms with Crippen LogP contribution in [0.15, 0.2) is 30.6 Å². The van der Waals surface area contributed by atoms with Crippen molar-refractivity contribution in [2.45, 2.75) is 0 Å². The van der Waals surface area contributed by atoms with Crippen LogP contribution in [-0.2, 0) is 0 Å². The molecule has 0 saturated heterocycles. The van der Waals surface area contributed by atoms with E-state index in [0.717, 1.165) is 5.69 Å². The Balaban J connectivity index is 2.31. The first-order chi connectivity index (χ1) is 7.25. The van der Waals surface area contributed by atoms with E-state index in [0.29, 0.717) is 5.69 Å². The number of nitrogens with zero attached hydrogens (tertiary/aromatic N) is 4. The van der Waals surface area contributed by atoms with Crippen molar-refractivity contribution in [3.8, 4) is 5.69 Å². The van der Waals surface area contributed by atoms with Gasteiger partial charge in [0.1, 0.15) is 6.33 Å². The second-order valence-electron chi connectivity index (χ2n) is 2.79. The second kappa shape index (κ2) is 3.74. The number of benzene rings is 1. The number of hydrogen-bond donors (Lipinski definition) is 2. The number of carbonyl (C=O) groups excluding carboxylic acids is 1. The fraction of sp³-hybridized carbons (Fsp3) is 0. The molecule has 0 atom stereocenters. The van der Waals surface area contributed by atoms with Crippen LogP contribution in [0.3, 0.4) is 0 Å². The molecule has 2 rings (SSSR count). The van der Waals surface area contributed by atoms with Gasteiger partial charge in [-0.15, -0.1) is 5.10 Å². The summed E-state index contributed by atoms with van der Waals surface area (Å²) >= 11 is 0. The molecule has 0 bridgehead atoms. The van der Waals surface area contributed by atoms with Gasteiger partial charge in [-0.25, -0.2) is 9.48 Å². The van der Waals surface area contributed by atoms with Crippen molar-refractivity contribution in [3.05, 3.63) is 30.6 Å². The highest BCUT2D eigenvalue weighted by atomic mass is 16.2. The number of primary amides is 1. The molecule has 1 aromatic heterocycles. The van der Waals surface area contributed by atoms with E-state index in [-0.39, 0.29) is 0 Å². The first-order valence-electron chi connectivity index (χ1n) is 4.15. The molecular weight excluding hydrogens is 196 g/mol. The minimum atomic E-state index is -0.608. The number of hydrogen-bond acceptors (Lipinski definition) is 4. The molecule has 3 N–H and O–H groups in total. The summed E-state index contributed by atoms with van der Waals surface area (Å²) in [7, 11) is 0. The minimum absolute atomic E-state index is 0.593. The van der Waals surface area contributed by atoms with Gasteiger partial charge < -0.3 is 11.1 Å². The van der Waals surface area contributed by atoms with Crippen molar-refractivity contribution in [1.29, 1.82) is 0 Å². The molecule has 7 nitrogen and oxygen atoms in total. The number of urea groups is 1. The SMILES string of the molecule is NC(=O)Nc1cccc(-n2cnnn2)c1. The standard InChI is InChI=1S/C8H8N6O/c9-8(15)11-6-2-1-3-7(4-6)14-5-10-12-13-14/h1-5H,(H3,9,11,15). The predicted octanol–water partition coefficient (Wildman–Crippen LogP) is 0.153. The molecule has 15 heavy (non-hydrogen) atoms. The van der Waals surface area contributed by atoms with E-state index in [9.17, 15) is 4.79 Å². The highest BCUT2D eigenvalue weighted by Gasteiger charge is 2.00. The average molecular weight is 204 g/mol. The third-order valence-electron chi connectivity index (χ3n) is 1.73. The quantitative estimate of drug-likeness (QED) is 0.727. The Hall–Kier alpha value is -2.44. The van der Waals surface area contributed by atoms with Crippen LogP contribution >= 0.6 is 0 Å². The first-order valence-corrected chi connectivity index (χ1v) is 4.15. The number of aromatic nitrogens is 4. The topological polar surface area (TPSA) is 98.7 Å². The van der Waals surface area contributed by atoms with Crippen molar-refractivity contribution in [2.24, 2.45) is 5.73 Å². The summed E-state index contributed by atoms with van der Waals surface area (Å²) in [6.45, 7) is 0. The number of tetrazole rings is 1. The average Bonchev–Trinajstić information content (AvgIpc) is 2.69. The van der Waals surface area contributed by atoms with Gasteiger partial charge in [-0.05, 0) is 28.6 Å². The lowest BCUT2D eigenvalue weighted by atomic mass is 10.3. The monoisotopic (exact) mass is 204 g/mol. The van der Waals surface area contributed by atoms with Crippen LogP contribution in [-0.4, -0.2) is 26.2 Å². The van der Waals surface area contributed by atoms with Gasteiger partial charge in [-0.3, -0.25) is 0 Å². The molecule has 1 aromatic carbocycles. The number of rotatable bonds is 2. The van der Waals surface area contributed by atoms with E-state index in [1.54, 1.807) is 18.2 Å². The van der Waals surface area contributed by atoms with Gasteiger partial charge in [0.15, 0.2) is 0 Å². The van der Waals surface area contributed by atoms with Crippen molar-refractivity contribution in [1.82, 2.24) is 20.2 Å². The number of nitrogens with one attached hydrogen (secondary N) is 1. The maximum atomic E-state index is 10.6. The van der Waals surface area contributed by atoms with E-state index in [1.807, 2.05) is 6.07 Å². The fourth-order valence-electron chi connectivity index (χ4n) is 1.15. The summed E-state index contributed by atoms with van der Waals surface area (Å²) in [6.07, 6.45) is 1.46. The molecule has 2 amide bonds. The summed E-state index contributed by atoms with van der Waals surface area (Å²) in [5.41, 5.74) is 6.33. The third-order valence-corrected chi connectivity index (χ3v) is 1.73. The summed E-state index contributed by atoms with van der Waals surface area (Å²) in [4.78, 5) is 10.6. The van der Waals surface area contributed by atoms with Crippen LogP contribution in [0.25, 0.3) is 5.69 Å². The van der Waals surface area contributed by atoms with Gasteiger partial charge >= 0.3 is 6.03 Å². The molecule has 0 unspecified atom stereocenters. The summed E-state index contributed by atoms with van der Waals surface area (Å²) in [5.74, 6) is 0. The number of anilines is 1. The highest BCUT2D eigenvalue weighted by molar-refractivity contribution is 5.88. The zero-order valence-corrected chi connectivity index (χ0v) is 7.66. The Morgan fingerprint density at radius 1 is 1.47 bits per heavy atom. The lowest BCUT2D eigenvalue weighted by Crippen LogP contribution is -2.19. The normalized spacial score (nSPS) is 9.87. The molecule has 0 saturated carbocycles. The lowest BCUT2D eigenvalue weighted by molar-refractivity contribution is 0.259. The lowest BCUT2D eigenvalue weighted by Gasteiger charge is -2.03. The summed E-state index contributed by atoms with van der Waals surface area (Å²) in [5, 5.41) is 13.2. The Kier molecular flexibility index (Phi) is 2.28. The molecule has 7 heteroatoms. The van der Waals surface area contributed by atoms with Crippen LogP contribution in [0.5, 0.6) is 0 Å². The maximum Gasteiger partial charge on any atom is 0.316 e. The third kappa shape index (κ3) is 2.08. The highest BCUT2D eigenvalue weighted by Crippen LogP contribution is 2.12. The van der Waals surface area contributed by atoms with Crippen molar-refractivity contribution >= 4 is 11.7 Å². The van der Waals surface area contributed by atoms with E-state index in [4.69, 9.17) is 5.73 Å². The van der Waals surface area contributed by atoms with Gasteiger partial charge in [-0.2, -0.15) is 0 Å².